The van der Waals surface area contributed by atoms with Gasteiger partial charge in [0.15, 0.2) is 0 Å². The molecule has 0 fully saturated rings. The van der Waals surface area contributed by atoms with E-state index in [2.05, 4.69) is 46.5 Å². The Labute approximate surface area is 104 Å². The Hall–Kier alpha value is 0.100. The van der Waals surface area contributed by atoms with Gasteiger partial charge in [0.2, 0.25) is 0 Å². The monoisotopic (exact) mass is 291 g/mol. The molecule has 0 aliphatic heterocycles. The first-order valence-electron chi connectivity index (χ1n) is 5.19. The molecule has 1 aromatic heterocycles. The van der Waals surface area contributed by atoms with Crippen molar-refractivity contribution in [2.24, 2.45) is 5.92 Å². The zero-order valence-electron chi connectivity index (χ0n) is 9.16. The molecule has 0 aliphatic carbocycles. The zero-order chi connectivity index (χ0) is 11.3. The Bertz CT molecular complexity index is 288. The van der Waals surface area contributed by atoms with Gasteiger partial charge in [-0.1, -0.05) is 13.8 Å². The van der Waals surface area contributed by atoms with Gasteiger partial charge in [-0.25, -0.2) is 0 Å². The van der Waals surface area contributed by atoms with Crippen molar-refractivity contribution in [3.8, 4) is 0 Å². The number of halogens is 1. The maximum Gasteiger partial charge on any atom is 0.0701 e. The molecule has 0 aliphatic rings. The fourth-order valence-electron chi connectivity index (χ4n) is 1.45. The number of aliphatic hydroxyl groups excluding tert-OH is 1. The second-order valence-corrected chi connectivity index (χ2v) is 6.46. The summed E-state index contributed by atoms with van der Waals surface area (Å²) < 4.78 is 1.15. The molecule has 15 heavy (non-hydrogen) atoms. The molecule has 1 aromatic rings. The summed E-state index contributed by atoms with van der Waals surface area (Å²) in [5, 5.41) is 15.0. The predicted molar refractivity (Wildman–Crippen MR) is 69.2 cm³/mol. The fraction of sp³-hybridized carbons (Fsp3) is 0.636. The van der Waals surface area contributed by atoms with Gasteiger partial charge >= 0.3 is 0 Å². The van der Waals surface area contributed by atoms with Gasteiger partial charge in [0.1, 0.15) is 0 Å². The minimum atomic E-state index is -0.230. The number of aliphatic hydroxyl groups is 1. The largest absolute Gasteiger partial charge is 0.392 e. The highest BCUT2D eigenvalue weighted by molar-refractivity contribution is 9.11. The first-order valence-corrected chi connectivity index (χ1v) is 6.87. The second-order valence-electron chi connectivity index (χ2n) is 4.17. The van der Waals surface area contributed by atoms with E-state index in [1.165, 1.54) is 5.56 Å². The Balaban J connectivity index is 2.16. The standard InChI is InChI=1S/C11H18BrNOS/c1-8(2)3-10(14)6-13-5-9-4-11(12)15-7-9/h4,7-8,10,13-14H,3,5-6H2,1-2H3. The highest BCUT2D eigenvalue weighted by atomic mass is 79.9. The minimum absolute atomic E-state index is 0.230. The summed E-state index contributed by atoms with van der Waals surface area (Å²) in [5.74, 6) is 0.553. The maximum atomic E-state index is 9.63. The van der Waals surface area contributed by atoms with Crippen LogP contribution in [-0.4, -0.2) is 17.8 Å². The number of thiophene rings is 1. The molecular weight excluding hydrogens is 274 g/mol. The predicted octanol–water partition coefficient (Wildman–Crippen LogP) is 3.01. The summed E-state index contributed by atoms with van der Waals surface area (Å²) in [7, 11) is 0. The Morgan fingerprint density at radius 3 is 2.80 bits per heavy atom. The molecule has 0 amide bonds. The summed E-state index contributed by atoms with van der Waals surface area (Å²) in [4.78, 5) is 0. The van der Waals surface area contributed by atoms with Crippen LogP contribution in [0.1, 0.15) is 25.8 Å². The van der Waals surface area contributed by atoms with Crippen LogP contribution in [0.15, 0.2) is 15.2 Å². The molecule has 1 atom stereocenters. The molecular formula is C11H18BrNOS. The van der Waals surface area contributed by atoms with Crippen molar-refractivity contribution in [1.82, 2.24) is 5.32 Å². The van der Waals surface area contributed by atoms with Gasteiger partial charge < -0.3 is 10.4 Å². The number of hydrogen-bond acceptors (Lipinski definition) is 3. The van der Waals surface area contributed by atoms with Crippen LogP contribution in [0, 0.1) is 5.92 Å². The van der Waals surface area contributed by atoms with Crippen molar-refractivity contribution in [3.05, 3.63) is 20.8 Å². The molecule has 1 unspecified atom stereocenters. The van der Waals surface area contributed by atoms with E-state index >= 15 is 0 Å². The van der Waals surface area contributed by atoms with Crippen molar-refractivity contribution in [2.45, 2.75) is 32.9 Å². The summed E-state index contributed by atoms with van der Waals surface area (Å²) >= 11 is 5.12. The molecule has 0 saturated heterocycles. The number of hydrogen-bond donors (Lipinski definition) is 2. The van der Waals surface area contributed by atoms with E-state index in [0.717, 1.165) is 16.8 Å². The molecule has 0 saturated carbocycles. The van der Waals surface area contributed by atoms with Crippen LogP contribution in [0.5, 0.6) is 0 Å². The first kappa shape index (κ1) is 13.2. The van der Waals surface area contributed by atoms with Gasteiger partial charge in [-0.15, -0.1) is 11.3 Å². The van der Waals surface area contributed by atoms with Crippen molar-refractivity contribution in [3.63, 3.8) is 0 Å². The lowest BCUT2D eigenvalue weighted by molar-refractivity contribution is 0.146. The van der Waals surface area contributed by atoms with E-state index in [0.29, 0.717) is 12.5 Å². The molecule has 0 aromatic carbocycles. The van der Waals surface area contributed by atoms with Gasteiger partial charge in [0, 0.05) is 13.1 Å². The van der Waals surface area contributed by atoms with E-state index in [-0.39, 0.29) is 6.10 Å². The second kappa shape index (κ2) is 6.63. The van der Waals surface area contributed by atoms with Crippen LogP contribution in [0.2, 0.25) is 0 Å². The van der Waals surface area contributed by atoms with Gasteiger partial charge in [0.05, 0.1) is 9.89 Å². The maximum absolute atomic E-state index is 9.63. The average Bonchev–Trinajstić information content (AvgIpc) is 2.50. The summed E-state index contributed by atoms with van der Waals surface area (Å²) in [6.07, 6.45) is 0.632. The van der Waals surface area contributed by atoms with Gasteiger partial charge in [-0.2, -0.15) is 0 Å². The van der Waals surface area contributed by atoms with E-state index in [4.69, 9.17) is 0 Å². The highest BCUT2D eigenvalue weighted by Gasteiger charge is 2.06. The van der Waals surface area contributed by atoms with Crippen LogP contribution < -0.4 is 5.32 Å². The van der Waals surface area contributed by atoms with Gasteiger partial charge in [0.25, 0.3) is 0 Å². The van der Waals surface area contributed by atoms with Crippen LogP contribution in [0.4, 0.5) is 0 Å². The number of nitrogens with one attached hydrogen (secondary N) is 1. The van der Waals surface area contributed by atoms with Crippen molar-refractivity contribution >= 4 is 27.3 Å². The van der Waals surface area contributed by atoms with Crippen LogP contribution in [0.25, 0.3) is 0 Å². The zero-order valence-corrected chi connectivity index (χ0v) is 11.6. The van der Waals surface area contributed by atoms with Crippen LogP contribution >= 0.6 is 27.3 Å². The molecule has 1 rings (SSSR count). The van der Waals surface area contributed by atoms with Crippen LogP contribution in [0.3, 0.4) is 0 Å². The Morgan fingerprint density at radius 1 is 1.53 bits per heavy atom. The summed E-state index contributed by atoms with van der Waals surface area (Å²) in [5.41, 5.74) is 1.27. The molecule has 86 valence electrons. The fourth-order valence-corrected chi connectivity index (χ4v) is 2.66. The van der Waals surface area contributed by atoms with Crippen molar-refractivity contribution < 1.29 is 5.11 Å². The van der Waals surface area contributed by atoms with E-state index < -0.39 is 0 Å². The normalized spacial score (nSPS) is 13.4. The lowest BCUT2D eigenvalue weighted by Gasteiger charge is -2.13. The van der Waals surface area contributed by atoms with Crippen molar-refractivity contribution in [2.75, 3.05) is 6.54 Å². The summed E-state index contributed by atoms with van der Waals surface area (Å²) in [6.45, 7) is 5.75. The summed E-state index contributed by atoms with van der Waals surface area (Å²) in [6, 6.07) is 2.10. The molecule has 4 heteroatoms. The molecule has 0 radical (unpaired) electrons. The minimum Gasteiger partial charge on any atom is -0.392 e. The molecule has 2 nitrogen and oxygen atoms in total. The topological polar surface area (TPSA) is 32.3 Å². The molecule has 0 spiro atoms. The quantitative estimate of drug-likeness (QED) is 0.845. The lowest BCUT2D eigenvalue weighted by atomic mass is 10.1. The molecule has 2 N–H and O–H groups in total. The van der Waals surface area contributed by atoms with E-state index in [1.54, 1.807) is 11.3 Å². The van der Waals surface area contributed by atoms with Gasteiger partial charge in [-0.3, -0.25) is 0 Å². The third-order valence-corrected chi connectivity index (χ3v) is 3.63. The van der Waals surface area contributed by atoms with Crippen LogP contribution in [-0.2, 0) is 6.54 Å². The number of rotatable bonds is 6. The average molecular weight is 292 g/mol. The molecule has 1 heterocycles. The molecule has 0 bridgehead atoms. The Kier molecular flexibility index (Phi) is 5.82. The Morgan fingerprint density at radius 2 is 2.27 bits per heavy atom. The first-order chi connectivity index (χ1) is 7.08. The van der Waals surface area contributed by atoms with Crippen molar-refractivity contribution in [1.29, 1.82) is 0 Å². The van der Waals surface area contributed by atoms with E-state index in [9.17, 15) is 5.11 Å². The third kappa shape index (κ3) is 5.66. The van der Waals surface area contributed by atoms with Gasteiger partial charge in [-0.05, 0) is 45.3 Å². The smallest absolute Gasteiger partial charge is 0.0701 e. The third-order valence-electron chi connectivity index (χ3n) is 2.07. The highest BCUT2D eigenvalue weighted by Crippen LogP contribution is 2.20. The van der Waals surface area contributed by atoms with E-state index in [1.807, 2.05) is 0 Å². The lowest BCUT2D eigenvalue weighted by Crippen LogP contribution is -2.27. The SMILES string of the molecule is CC(C)CC(O)CNCc1csc(Br)c1.